The van der Waals surface area contributed by atoms with Crippen molar-refractivity contribution < 1.29 is 22.7 Å². The van der Waals surface area contributed by atoms with E-state index in [2.05, 4.69) is 10.1 Å². The third-order valence-electron chi connectivity index (χ3n) is 7.11. The van der Waals surface area contributed by atoms with E-state index in [0.29, 0.717) is 35.6 Å². The number of ether oxygens (including phenoxy) is 1. The number of fused-ring (bicyclic) bond motifs is 1. The summed E-state index contributed by atoms with van der Waals surface area (Å²) in [6.45, 7) is 4.75. The largest absolute Gasteiger partial charge is 0.419 e. The second kappa shape index (κ2) is 6.94. The number of carbonyl (C=O) groups is 1. The minimum Gasteiger partial charge on any atom is -0.383 e. The average Bonchev–Trinajstić information content (AvgIpc) is 3.04. The summed E-state index contributed by atoms with van der Waals surface area (Å²) in [5, 5.41) is 4.63. The number of pyridine rings is 1. The molecule has 2 aliphatic carbocycles. The number of rotatable bonds is 3. The SMILES string of the molecule is CC(C)n1nc(-c2cnc(N)c(C(F)(F)F)c2)cc1[C@H]1[C@@H]2CC3(C[C@@H]21)CN(C)C(=O)CO3. The Morgan fingerprint density at radius 1 is 1.25 bits per heavy atom. The van der Waals surface area contributed by atoms with Crippen molar-refractivity contribution in [3.05, 3.63) is 29.6 Å². The third kappa shape index (κ3) is 3.35. The van der Waals surface area contributed by atoms with Crippen molar-refractivity contribution in [1.82, 2.24) is 19.7 Å². The Kier molecular flexibility index (Phi) is 4.60. The molecule has 32 heavy (non-hydrogen) atoms. The zero-order valence-electron chi connectivity index (χ0n) is 18.2. The van der Waals surface area contributed by atoms with Gasteiger partial charge in [-0.3, -0.25) is 9.48 Å². The van der Waals surface area contributed by atoms with Crippen molar-refractivity contribution >= 4 is 11.7 Å². The number of likely N-dealkylation sites (N-methyl/N-ethyl adjacent to an activating group) is 1. The normalized spacial score (nSPS) is 29.8. The van der Waals surface area contributed by atoms with Gasteiger partial charge < -0.3 is 15.4 Å². The maximum Gasteiger partial charge on any atom is 0.419 e. The number of hydrogen-bond acceptors (Lipinski definition) is 5. The van der Waals surface area contributed by atoms with Crippen LogP contribution in [0.4, 0.5) is 19.0 Å². The number of carbonyl (C=O) groups excluding carboxylic acids is 1. The van der Waals surface area contributed by atoms with Gasteiger partial charge in [-0.15, -0.1) is 0 Å². The van der Waals surface area contributed by atoms with Gasteiger partial charge in [-0.2, -0.15) is 18.3 Å². The summed E-state index contributed by atoms with van der Waals surface area (Å²) in [5.41, 5.74) is 6.02. The number of morpholine rings is 1. The Hall–Kier alpha value is -2.62. The lowest BCUT2D eigenvalue weighted by Crippen LogP contribution is -2.52. The smallest absolute Gasteiger partial charge is 0.383 e. The molecule has 0 aromatic carbocycles. The predicted octanol–water partition coefficient (Wildman–Crippen LogP) is 3.48. The van der Waals surface area contributed by atoms with Crippen molar-refractivity contribution in [3.8, 4) is 11.3 Å². The molecule has 172 valence electrons. The highest BCUT2D eigenvalue weighted by atomic mass is 19.4. The molecule has 10 heteroatoms. The van der Waals surface area contributed by atoms with Gasteiger partial charge in [0.05, 0.1) is 16.9 Å². The van der Waals surface area contributed by atoms with E-state index in [4.69, 9.17) is 10.5 Å². The monoisotopic (exact) mass is 449 g/mol. The highest BCUT2D eigenvalue weighted by Crippen LogP contribution is 2.67. The number of amides is 1. The van der Waals surface area contributed by atoms with Crippen LogP contribution < -0.4 is 5.73 Å². The fourth-order valence-electron chi connectivity index (χ4n) is 5.58. The van der Waals surface area contributed by atoms with Crippen LogP contribution in [0.5, 0.6) is 0 Å². The second-order valence-corrected chi connectivity index (χ2v) is 9.63. The first-order chi connectivity index (χ1) is 15.0. The number of nitrogens with two attached hydrogens (primary N) is 1. The molecule has 1 spiro atoms. The molecule has 1 amide bonds. The van der Waals surface area contributed by atoms with Gasteiger partial charge in [0.25, 0.3) is 0 Å². The standard InChI is InChI=1S/C22H26F3N5O2/c1-11(2)30-17(5-16(28-30)12-4-15(22(23,24)25)20(26)27-8-12)19-13-6-21(7-14(13)19)10-29(3)18(31)9-32-21/h4-5,8,11,13-14,19H,6-7,9-10H2,1-3H3,(H2,26,27)/t13-,14+,19+,21?. The molecule has 3 fully saturated rings. The minimum absolute atomic E-state index is 0.00519. The van der Waals surface area contributed by atoms with Crippen molar-refractivity contribution in [2.45, 2.75) is 50.4 Å². The Balaban J connectivity index is 1.42. The molecular weight excluding hydrogens is 423 g/mol. The Morgan fingerprint density at radius 2 is 1.94 bits per heavy atom. The maximum atomic E-state index is 13.3. The fraction of sp³-hybridized carbons (Fsp3) is 0.591. The molecule has 2 saturated carbocycles. The summed E-state index contributed by atoms with van der Waals surface area (Å²) >= 11 is 0. The van der Waals surface area contributed by atoms with Crippen LogP contribution in [0.25, 0.3) is 11.3 Å². The van der Waals surface area contributed by atoms with Gasteiger partial charge in [-0.25, -0.2) is 4.98 Å². The predicted molar refractivity (Wildman–Crippen MR) is 111 cm³/mol. The van der Waals surface area contributed by atoms with E-state index in [1.165, 1.54) is 6.20 Å². The molecule has 1 aliphatic heterocycles. The zero-order chi connectivity index (χ0) is 23.0. The van der Waals surface area contributed by atoms with Crippen molar-refractivity contribution in [1.29, 1.82) is 0 Å². The zero-order valence-corrected chi connectivity index (χ0v) is 18.2. The first-order valence-corrected chi connectivity index (χ1v) is 10.8. The maximum absolute atomic E-state index is 13.3. The van der Waals surface area contributed by atoms with Gasteiger partial charge >= 0.3 is 6.18 Å². The fourth-order valence-corrected chi connectivity index (χ4v) is 5.58. The van der Waals surface area contributed by atoms with Crippen molar-refractivity contribution in [3.63, 3.8) is 0 Å². The number of hydrogen-bond donors (Lipinski definition) is 1. The number of anilines is 1. The van der Waals surface area contributed by atoms with Crippen LogP contribution in [0.15, 0.2) is 18.3 Å². The number of nitrogens with zero attached hydrogens (tertiary/aromatic N) is 4. The first kappa shape index (κ1) is 21.2. The molecule has 0 radical (unpaired) electrons. The minimum atomic E-state index is -4.58. The molecule has 4 atom stereocenters. The Morgan fingerprint density at radius 3 is 2.53 bits per heavy atom. The molecule has 2 aromatic heterocycles. The molecule has 2 aromatic rings. The van der Waals surface area contributed by atoms with E-state index < -0.39 is 17.6 Å². The van der Waals surface area contributed by atoms with E-state index in [1.54, 1.807) is 4.90 Å². The number of alkyl halides is 3. The van der Waals surface area contributed by atoms with E-state index in [1.807, 2.05) is 31.6 Å². The van der Waals surface area contributed by atoms with Crippen LogP contribution >= 0.6 is 0 Å². The quantitative estimate of drug-likeness (QED) is 0.776. The lowest BCUT2D eigenvalue weighted by atomic mass is 9.91. The van der Waals surface area contributed by atoms with Crippen LogP contribution in [0.1, 0.15) is 49.9 Å². The van der Waals surface area contributed by atoms with Crippen LogP contribution in [0.3, 0.4) is 0 Å². The summed E-state index contributed by atoms with van der Waals surface area (Å²) in [7, 11) is 1.81. The summed E-state index contributed by atoms with van der Waals surface area (Å²) in [6.07, 6.45) is -1.49. The van der Waals surface area contributed by atoms with Crippen molar-refractivity contribution in [2.24, 2.45) is 11.8 Å². The molecule has 3 aliphatic rings. The Labute approximate surface area is 183 Å². The lowest BCUT2D eigenvalue weighted by Gasteiger charge is -2.40. The van der Waals surface area contributed by atoms with Gasteiger partial charge in [0.2, 0.25) is 5.91 Å². The lowest BCUT2D eigenvalue weighted by molar-refractivity contribution is -0.162. The molecule has 5 rings (SSSR count). The average molecular weight is 449 g/mol. The highest BCUT2D eigenvalue weighted by Gasteiger charge is 2.64. The van der Waals surface area contributed by atoms with Crippen LogP contribution in [-0.4, -0.2) is 51.4 Å². The third-order valence-corrected chi connectivity index (χ3v) is 7.11. The van der Waals surface area contributed by atoms with E-state index in [-0.39, 0.29) is 24.2 Å². The number of aromatic nitrogens is 3. The summed E-state index contributed by atoms with van der Waals surface area (Å²) < 4.78 is 47.8. The number of nitrogen functional groups attached to an aromatic ring is 1. The number of halogens is 3. The van der Waals surface area contributed by atoms with Gasteiger partial charge in [0, 0.05) is 43.0 Å². The van der Waals surface area contributed by atoms with Gasteiger partial charge in [0.15, 0.2) is 0 Å². The summed E-state index contributed by atoms with van der Waals surface area (Å²) in [5.74, 6) is 0.607. The Bertz CT molecular complexity index is 1070. The van der Waals surface area contributed by atoms with E-state index >= 15 is 0 Å². The van der Waals surface area contributed by atoms with E-state index in [9.17, 15) is 18.0 Å². The molecule has 1 unspecified atom stereocenters. The topological polar surface area (TPSA) is 86.3 Å². The molecule has 0 bridgehead atoms. The summed E-state index contributed by atoms with van der Waals surface area (Å²) in [6, 6.07) is 2.97. The summed E-state index contributed by atoms with van der Waals surface area (Å²) in [4.78, 5) is 17.3. The van der Waals surface area contributed by atoms with Gasteiger partial charge in [-0.1, -0.05) is 0 Å². The molecule has 2 N–H and O–H groups in total. The van der Waals surface area contributed by atoms with E-state index in [0.717, 1.165) is 24.6 Å². The first-order valence-electron chi connectivity index (χ1n) is 10.8. The second-order valence-electron chi connectivity index (χ2n) is 9.63. The molecular formula is C22H26F3N5O2. The molecule has 1 saturated heterocycles. The van der Waals surface area contributed by atoms with Gasteiger partial charge in [-0.05, 0) is 50.7 Å². The van der Waals surface area contributed by atoms with Crippen LogP contribution in [0, 0.1) is 11.8 Å². The van der Waals surface area contributed by atoms with Gasteiger partial charge in [0.1, 0.15) is 12.4 Å². The molecule has 7 nitrogen and oxygen atoms in total. The molecule has 3 heterocycles. The van der Waals surface area contributed by atoms with Crippen molar-refractivity contribution in [2.75, 3.05) is 25.9 Å². The highest BCUT2D eigenvalue weighted by molar-refractivity contribution is 5.78. The van der Waals surface area contributed by atoms with Crippen LogP contribution in [0.2, 0.25) is 0 Å². The van der Waals surface area contributed by atoms with Crippen LogP contribution in [-0.2, 0) is 15.7 Å².